The zero-order valence-electron chi connectivity index (χ0n) is 16.9. The molecule has 0 aliphatic heterocycles. The van der Waals surface area contributed by atoms with Crippen LogP contribution in [0.4, 0.5) is 10.1 Å². The van der Waals surface area contributed by atoms with Crippen LogP contribution in [0.25, 0.3) is 6.08 Å². The van der Waals surface area contributed by atoms with Gasteiger partial charge in [0, 0.05) is 0 Å². The number of hydrogen-bond donors (Lipinski definition) is 1. The molecule has 0 fully saturated rings. The number of rotatable bonds is 7. The van der Waals surface area contributed by atoms with Gasteiger partial charge in [-0.2, -0.15) is 5.26 Å². The van der Waals surface area contributed by atoms with Crippen molar-refractivity contribution in [2.24, 2.45) is 0 Å². The number of hydrogen-bond acceptors (Lipinski definition) is 4. The summed E-state index contributed by atoms with van der Waals surface area (Å²) in [6.07, 6.45) is 1.45. The van der Waals surface area contributed by atoms with E-state index in [1.54, 1.807) is 48.5 Å². The largest absolute Gasteiger partial charge is 0.493 e. The standard InChI is InChI=1S/C24H17ClFIN2O3/c1-31-22-12-16(9-17(13-28)24(30)29-21-8-3-2-7-19(21)25)11-20(27)23(22)32-14-15-5-4-6-18(26)10-15/h2-12H,14H2,1H3,(H,29,30)/b17-9+. The topological polar surface area (TPSA) is 71.3 Å². The summed E-state index contributed by atoms with van der Waals surface area (Å²) in [5, 5.41) is 12.5. The van der Waals surface area contributed by atoms with Gasteiger partial charge < -0.3 is 14.8 Å². The number of halogens is 3. The summed E-state index contributed by atoms with van der Waals surface area (Å²) in [6, 6.07) is 18.2. The third kappa shape index (κ3) is 5.99. The van der Waals surface area contributed by atoms with Crippen LogP contribution in [-0.4, -0.2) is 13.0 Å². The van der Waals surface area contributed by atoms with Crippen molar-refractivity contribution in [3.63, 3.8) is 0 Å². The Balaban J connectivity index is 1.83. The molecule has 162 valence electrons. The molecule has 5 nitrogen and oxygen atoms in total. The monoisotopic (exact) mass is 562 g/mol. The van der Waals surface area contributed by atoms with Gasteiger partial charge in [-0.3, -0.25) is 4.79 Å². The van der Waals surface area contributed by atoms with Crippen LogP contribution in [0.5, 0.6) is 11.5 Å². The van der Waals surface area contributed by atoms with E-state index in [9.17, 15) is 14.4 Å². The molecule has 0 saturated heterocycles. The van der Waals surface area contributed by atoms with Crippen molar-refractivity contribution >= 4 is 51.9 Å². The minimum Gasteiger partial charge on any atom is -0.493 e. The van der Waals surface area contributed by atoms with Crippen molar-refractivity contribution in [3.05, 3.63) is 91.8 Å². The molecule has 3 aromatic carbocycles. The summed E-state index contributed by atoms with van der Waals surface area (Å²) in [7, 11) is 1.49. The molecule has 0 radical (unpaired) electrons. The average Bonchev–Trinajstić information content (AvgIpc) is 2.77. The zero-order chi connectivity index (χ0) is 23.1. The van der Waals surface area contributed by atoms with Crippen molar-refractivity contribution in [3.8, 4) is 17.6 Å². The van der Waals surface area contributed by atoms with Crippen LogP contribution < -0.4 is 14.8 Å². The van der Waals surface area contributed by atoms with Gasteiger partial charge >= 0.3 is 0 Å². The second kappa shape index (κ2) is 11.0. The smallest absolute Gasteiger partial charge is 0.266 e. The number of para-hydroxylation sites is 1. The first-order valence-corrected chi connectivity index (χ1v) is 10.8. The first-order valence-electron chi connectivity index (χ1n) is 9.33. The number of amides is 1. The van der Waals surface area contributed by atoms with Gasteiger partial charge in [-0.05, 0) is 76.2 Å². The Kier molecular flexibility index (Phi) is 8.09. The summed E-state index contributed by atoms with van der Waals surface area (Å²) in [5.41, 5.74) is 1.56. The second-order valence-electron chi connectivity index (χ2n) is 6.56. The van der Waals surface area contributed by atoms with Crippen molar-refractivity contribution in [2.45, 2.75) is 6.61 Å². The lowest BCUT2D eigenvalue weighted by atomic mass is 10.1. The molecular formula is C24H17ClFIN2O3. The highest BCUT2D eigenvalue weighted by molar-refractivity contribution is 14.1. The molecule has 1 N–H and O–H groups in total. The molecule has 0 aliphatic rings. The average molecular weight is 563 g/mol. The van der Waals surface area contributed by atoms with E-state index in [2.05, 4.69) is 27.9 Å². The maximum Gasteiger partial charge on any atom is 0.266 e. The van der Waals surface area contributed by atoms with Crippen molar-refractivity contribution < 1.29 is 18.7 Å². The molecule has 3 rings (SSSR count). The molecule has 8 heteroatoms. The maximum absolute atomic E-state index is 13.4. The Morgan fingerprint density at radius 1 is 1.22 bits per heavy atom. The Morgan fingerprint density at radius 3 is 2.69 bits per heavy atom. The molecule has 0 unspecified atom stereocenters. The van der Waals surface area contributed by atoms with Crippen LogP contribution in [-0.2, 0) is 11.4 Å². The highest BCUT2D eigenvalue weighted by Crippen LogP contribution is 2.35. The van der Waals surface area contributed by atoms with E-state index >= 15 is 0 Å². The summed E-state index contributed by atoms with van der Waals surface area (Å²) < 4.78 is 25.4. The van der Waals surface area contributed by atoms with Gasteiger partial charge in [0.2, 0.25) is 0 Å². The van der Waals surface area contributed by atoms with Crippen LogP contribution in [0.3, 0.4) is 0 Å². The molecule has 0 aliphatic carbocycles. The van der Waals surface area contributed by atoms with Gasteiger partial charge in [0.1, 0.15) is 24.1 Å². The number of benzene rings is 3. The molecule has 0 bridgehead atoms. The van der Waals surface area contributed by atoms with Crippen LogP contribution in [0.15, 0.2) is 66.2 Å². The number of nitrogens with one attached hydrogen (secondary N) is 1. The first kappa shape index (κ1) is 23.6. The molecule has 3 aromatic rings. The van der Waals surface area contributed by atoms with Crippen LogP contribution in [0.2, 0.25) is 5.02 Å². The van der Waals surface area contributed by atoms with Gasteiger partial charge in [-0.1, -0.05) is 35.9 Å². The number of ether oxygens (including phenoxy) is 2. The Bertz CT molecular complexity index is 1220. The zero-order valence-corrected chi connectivity index (χ0v) is 19.8. The Labute approximate surface area is 203 Å². The van der Waals surface area contributed by atoms with Crippen molar-refractivity contribution in [1.82, 2.24) is 0 Å². The fraction of sp³-hybridized carbons (Fsp3) is 0.0833. The lowest BCUT2D eigenvalue weighted by molar-refractivity contribution is -0.112. The summed E-state index contributed by atoms with van der Waals surface area (Å²) in [5.74, 6) is -0.0229. The lowest BCUT2D eigenvalue weighted by Gasteiger charge is -2.14. The SMILES string of the molecule is COc1cc(/C=C(\C#N)C(=O)Nc2ccccc2Cl)cc(I)c1OCc1cccc(F)c1. The molecule has 0 spiro atoms. The normalized spacial score (nSPS) is 10.9. The molecule has 32 heavy (non-hydrogen) atoms. The number of carbonyl (C=O) groups is 1. The van der Waals surface area contributed by atoms with Gasteiger partial charge in [-0.25, -0.2) is 4.39 Å². The molecule has 1 amide bonds. The van der Waals surface area contributed by atoms with E-state index in [0.717, 1.165) is 0 Å². The first-order chi connectivity index (χ1) is 15.4. The minimum atomic E-state index is -0.582. The van der Waals surface area contributed by atoms with E-state index in [-0.39, 0.29) is 18.0 Å². The molecule has 0 aromatic heterocycles. The maximum atomic E-state index is 13.4. The molecule has 0 heterocycles. The third-order valence-electron chi connectivity index (χ3n) is 4.32. The third-order valence-corrected chi connectivity index (χ3v) is 5.45. The van der Waals surface area contributed by atoms with Crippen molar-refractivity contribution in [1.29, 1.82) is 5.26 Å². The van der Waals surface area contributed by atoms with Gasteiger partial charge in [-0.15, -0.1) is 0 Å². The number of nitrogens with zero attached hydrogens (tertiary/aromatic N) is 1. The summed E-state index contributed by atoms with van der Waals surface area (Å²) in [6.45, 7) is 0.156. The van der Waals surface area contributed by atoms with Crippen LogP contribution in [0, 0.1) is 20.7 Å². The minimum absolute atomic E-state index is 0.101. The van der Waals surface area contributed by atoms with Crippen LogP contribution >= 0.6 is 34.2 Å². The van der Waals surface area contributed by atoms with E-state index in [1.165, 1.54) is 25.3 Å². The molecular weight excluding hydrogens is 546 g/mol. The second-order valence-corrected chi connectivity index (χ2v) is 8.13. The van der Waals surface area contributed by atoms with E-state index in [0.29, 0.717) is 36.9 Å². The Morgan fingerprint density at radius 2 is 2.00 bits per heavy atom. The molecule has 0 atom stereocenters. The van der Waals surface area contributed by atoms with Crippen LogP contribution in [0.1, 0.15) is 11.1 Å². The predicted molar refractivity (Wildman–Crippen MR) is 130 cm³/mol. The number of methoxy groups -OCH3 is 1. The fourth-order valence-corrected chi connectivity index (χ4v) is 3.78. The van der Waals surface area contributed by atoms with Crippen molar-refractivity contribution in [2.75, 3.05) is 12.4 Å². The highest BCUT2D eigenvalue weighted by Gasteiger charge is 2.15. The van der Waals surface area contributed by atoms with E-state index in [4.69, 9.17) is 21.1 Å². The summed E-state index contributed by atoms with van der Waals surface area (Å²) in [4.78, 5) is 12.5. The predicted octanol–water partition coefficient (Wildman–Crippen LogP) is 6.22. The number of nitriles is 1. The highest BCUT2D eigenvalue weighted by atomic mass is 127. The molecule has 0 saturated carbocycles. The number of anilines is 1. The summed E-state index contributed by atoms with van der Waals surface area (Å²) >= 11 is 8.14. The van der Waals surface area contributed by atoms with E-state index < -0.39 is 5.91 Å². The lowest BCUT2D eigenvalue weighted by Crippen LogP contribution is -2.13. The van der Waals surface area contributed by atoms with Gasteiger partial charge in [0.15, 0.2) is 11.5 Å². The quantitative estimate of drug-likeness (QED) is 0.211. The van der Waals surface area contributed by atoms with E-state index in [1.807, 2.05) is 6.07 Å². The van der Waals surface area contributed by atoms with Gasteiger partial charge in [0.05, 0.1) is 21.4 Å². The fourth-order valence-electron chi connectivity index (χ4n) is 2.81. The van der Waals surface area contributed by atoms with Gasteiger partial charge in [0.25, 0.3) is 5.91 Å². The Hall–Kier alpha value is -3.09. The number of carbonyl (C=O) groups excluding carboxylic acids is 1.